The molecule has 0 spiro atoms. The Morgan fingerprint density at radius 1 is 1.35 bits per heavy atom. The van der Waals surface area contributed by atoms with E-state index < -0.39 is 11.6 Å². The van der Waals surface area contributed by atoms with Gasteiger partial charge in [-0.1, -0.05) is 6.92 Å². The van der Waals surface area contributed by atoms with Crippen molar-refractivity contribution in [2.75, 3.05) is 13.2 Å². The fraction of sp³-hybridized carbons (Fsp3) is 0.571. The molecule has 6 heteroatoms. The van der Waals surface area contributed by atoms with Crippen molar-refractivity contribution in [3.05, 3.63) is 28.2 Å². The van der Waals surface area contributed by atoms with E-state index in [0.29, 0.717) is 6.61 Å². The third-order valence-electron chi connectivity index (χ3n) is 3.31. The van der Waals surface area contributed by atoms with Crippen LogP contribution in [0.1, 0.15) is 20.3 Å². The van der Waals surface area contributed by atoms with Crippen LogP contribution in [0.3, 0.4) is 0 Å². The normalized spacial score (nSPS) is 25.4. The fourth-order valence-corrected chi connectivity index (χ4v) is 2.87. The van der Waals surface area contributed by atoms with Gasteiger partial charge in [-0.25, -0.2) is 8.78 Å². The van der Waals surface area contributed by atoms with Gasteiger partial charge in [0.2, 0.25) is 0 Å². The van der Waals surface area contributed by atoms with Crippen LogP contribution in [0.15, 0.2) is 16.6 Å². The maximum Gasteiger partial charge on any atom is 0.169 e. The van der Waals surface area contributed by atoms with Gasteiger partial charge in [0.1, 0.15) is 18.0 Å². The van der Waals surface area contributed by atoms with Crippen molar-refractivity contribution in [3.8, 4) is 5.75 Å². The Hall–Kier alpha value is -0.720. The van der Waals surface area contributed by atoms with Crippen LogP contribution in [0.2, 0.25) is 0 Å². The number of benzene rings is 1. The van der Waals surface area contributed by atoms with Crippen molar-refractivity contribution >= 4 is 15.9 Å². The van der Waals surface area contributed by atoms with Gasteiger partial charge in [0, 0.05) is 25.1 Å². The highest BCUT2D eigenvalue weighted by molar-refractivity contribution is 9.10. The molecule has 1 fully saturated rings. The lowest BCUT2D eigenvalue weighted by Gasteiger charge is -2.44. The molecular formula is C14H18BrF2NO2. The molecule has 0 radical (unpaired) electrons. The summed E-state index contributed by atoms with van der Waals surface area (Å²) < 4.78 is 38.3. The minimum atomic E-state index is -0.709. The highest BCUT2D eigenvalue weighted by atomic mass is 79.9. The summed E-state index contributed by atoms with van der Waals surface area (Å²) in [7, 11) is 0. The zero-order chi connectivity index (χ0) is 14.7. The quantitative estimate of drug-likeness (QED) is 0.854. The highest BCUT2D eigenvalue weighted by Gasteiger charge is 2.43. The van der Waals surface area contributed by atoms with E-state index in [9.17, 15) is 8.78 Å². The first-order chi connectivity index (χ1) is 9.56. The zero-order valence-corrected chi connectivity index (χ0v) is 13.0. The molecule has 1 saturated carbocycles. The van der Waals surface area contributed by atoms with E-state index >= 15 is 0 Å². The first-order valence-electron chi connectivity index (χ1n) is 6.73. The van der Waals surface area contributed by atoms with E-state index in [4.69, 9.17) is 9.47 Å². The summed E-state index contributed by atoms with van der Waals surface area (Å²) in [6, 6.07) is 2.22. The maximum atomic E-state index is 13.7. The molecule has 3 atom stereocenters. The van der Waals surface area contributed by atoms with Crippen LogP contribution in [0.4, 0.5) is 8.78 Å². The van der Waals surface area contributed by atoms with Crippen LogP contribution in [-0.2, 0) is 4.74 Å². The number of likely N-dealkylation sites (N-methyl/N-ethyl adjacent to an activating group) is 1. The molecule has 1 aromatic rings. The molecule has 112 valence electrons. The number of nitrogens with one attached hydrogen (secondary N) is 1. The van der Waals surface area contributed by atoms with Crippen molar-refractivity contribution in [3.63, 3.8) is 0 Å². The molecule has 0 saturated heterocycles. The molecule has 0 aliphatic heterocycles. The summed E-state index contributed by atoms with van der Waals surface area (Å²) in [6.07, 6.45) is 0.397. The predicted octanol–water partition coefficient (Wildman–Crippen LogP) is 3.26. The largest absolute Gasteiger partial charge is 0.483 e. The molecule has 0 amide bonds. The number of ether oxygens (including phenoxy) is 2. The maximum absolute atomic E-state index is 13.7. The van der Waals surface area contributed by atoms with Crippen LogP contribution in [0.25, 0.3) is 0 Å². The van der Waals surface area contributed by atoms with E-state index in [-0.39, 0.29) is 28.5 Å². The van der Waals surface area contributed by atoms with Gasteiger partial charge in [-0.2, -0.15) is 0 Å². The summed E-state index contributed by atoms with van der Waals surface area (Å²) in [5.74, 6) is -1.31. The van der Waals surface area contributed by atoms with E-state index in [1.807, 2.05) is 13.8 Å². The first kappa shape index (κ1) is 15.7. The van der Waals surface area contributed by atoms with Crippen LogP contribution in [0.5, 0.6) is 5.75 Å². The molecule has 2 rings (SSSR count). The second-order valence-electron chi connectivity index (χ2n) is 4.67. The standard InChI is InChI=1S/C14H18BrF2NO2/c1-3-18-11-7-12(14(11)19-4-2)20-13-9(15)5-8(16)6-10(13)17/h5-6,11-12,14,18H,3-4,7H2,1-2H3. The summed E-state index contributed by atoms with van der Waals surface area (Å²) in [4.78, 5) is 0. The van der Waals surface area contributed by atoms with E-state index in [1.54, 1.807) is 0 Å². The van der Waals surface area contributed by atoms with Gasteiger partial charge >= 0.3 is 0 Å². The van der Waals surface area contributed by atoms with Gasteiger partial charge in [0.05, 0.1) is 4.47 Å². The molecule has 1 aromatic carbocycles. The van der Waals surface area contributed by atoms with E-state index in [2.05, 4.69) is 21.2 Å². The SMILES string of the molecule is CCNC1CC(Oc2c(F)cc(F)cc2Br)C1OCC. The Bertz CT molecular complexity index is 449. The van der Waals surface area contributed by atoms with Crippen molar-refractivity contribution in [2.24, 2.45) is 0 Å². The summed E-state index contributed by atoms with van der Waals surface area (Å²) in [6.45, 7) is 5.34. The van der Waals surface area contributed by atoms with Gasteiger partial charge in [-0.05, 0) is 35.5 Å². The van der Waals surface area contributed by atoms with Gasteiger partial charge in [-0.3, -0.25) is 0 Å². The van der Waals surface area contributed by atoms with Crippen molar-refractivity contribution in [2.45, 2.75) is 38.5 Å². The topological polar surface area (TPSA) is 30.5 Å². The molecule has 3 unspecified atom stereocenters. The number of rotatable bonds is 6. The number of hydrogen-bond donors (Lipinski definition) is 1. The Labute approximate surface area is 125 Å². The Kier molecular flexibility index (Phi) is 5.35. The third kappa shape index (κ3) is 3.30. The Balaban J connectivity index is 2.07. The van der Waals surface area contributed by atoms with Gasteiger partial charge in [0.25, 0.3) is 0 Å². The van der Waals surface area contributed by atoms with Crippen molar-refractivity contribution in [1.29, 1.82) is 0 Å². The van der Waals surface area contributed by atoms with Crippen molar-refractivity contribution < 1.29 is 18.3 Å². The second-order valence-corrected chi connectivity index (χ2v) is 5.53. The van der Waals surface area contributed by atoms with E-state index in [1.165, 1.54) is 6.07 Å². The Morgan fingerprint density at radius 2 is 2.10 bits per heavy atom. The molecule has 1 N–H and O–H groups in total. The van der Waals surface area contributed by atoms with Gasteiger partial charge in [0.15, 0.2) is 11.6 Å². The minimum absolute atomic E-state index is 0.0380. The monoisotopic (exact) mass is 349 g/mol. The van der Waals surface area contributed by atoms with Crippen LogP contribution in [0, 0.1) is 11.6 Å². The average Bonchev–Trinajstić information content (AvgIpc) is 2.37. The molecule has 1 aliphatic carbocycles. The smallest absolute Gasteiger partial charge is 0.169 e. The lowest BCUT2D eigenvalue weighted by molar-refractivity contribution is -0.105. The molecular weight excluding hydrogens is 332 g/mol. The molecule has 20 heavy (non-hydrogen) atoms. The molecule has 0 heterocycles. The van der Waals surface area contributed by atoms with Gasteiger partial charge < -0.3 is 14.8 Å². The zero-order valence-electron chi connectivity index (χ0n) is 11.5. The third-order valence-corrected chi connectivity index (χ3v) is 3.90. The van der Waals surface area contributed by atoms with Gasteiger partial charge in [-0.15, -0.1) is 0 Å². The average molecular weight is 350 g/mol. The number of halogens is 3. The minimum Gasteiger partial charge on any atom is -0.483 e. The lowest BCUT2D eigenvalue weighted by atomic mass is 9.85. The molecule has 0 aromatic heterocycles. The molecule has 3 nitrogen and oxygen atoms in total. The number of hydrogen-bond acceptors (Lipinski definition) is 3. The van der Waals surface area contributed by atoms with E-state index in [0.717, 1.165) is 19.0 Å². The predicted molar refractivity (Wildman–Crippen MR) is 76.0 cm³/mol. The lowest BCUT2D eigenvalue weighted by Crippen LogP contribution is -2.61. The molecule has 1 aliphatic rings. The highest BCUT2D eigenvalue weighted by Crippen LogP contribution is 2.35. The molecule has 0 bridgehead atoms. The fourth-order valence-electron chi connectivity index (χ4n) is 2.37. The summed E-state index contributed by atoms with van der Waals surface area (Å²) in [5.41, 5.74) is 0. The van der Waals surface area contributed by atoms with Crippen LogP contribution < -0.4 is 10.1 Å². The summed E-state index contributed by atoms with van der Waals surface area (Å²) >= 11 is 3.12. The second kappa shape index (κ2) is 6.83. The van der Waals surface area contributed by atoms with Crippen LogP contribution >= 0.6 is 15.9 Å². The first-order valence-corrected chi connectivity index (χ1v) is 7.52. The van der Waals surface area contributed by atoms with Crippen LogP contribution in [-0.4, -0.2) is 31.4 Å². The summed E-state index contributed by atoms with van der Waals surface area (Å²) in [5, 5.41) is 3.30. The Morgan fingerprint density at radius 3 is 2.70 bits per heavy atom. The van der Waals surface area contributed by atoms with Crippen molar-refractivity contribution in [1.82, 2.24) is 5.32 Å².